The number of aliphatic carboxylic acids is 1. The minimum Gasteiger partial charge on any atom is -0.481 e. The van der Waals surface area contributed by atoms with Crippen LogP contribution in [0.1, 0.15) is 285 Å². The number of thioether (sulfide) groups is 1. The number of halogens is 3. The topological polar surface area (TPSA) is 268 Å². The van der Waals surface area contributed by atoms with Gasteiger partial charge in [0.25, 0.3) is 0 Å². The standard InChI is InChI=1S/C23H43O4S.C22H44O5.C21H39IO4.C3H6O2S.CO2.I2.Na/c1-3-28-18-19-23(2)16-14-12-10-8-6-4-5-7-9-11-13-15-17-26-22(27-19)20(24)21(23)25;1-4-6-8-9-10-11-12-14-16-26-21-19(24)20(25)22(3,15-13-7-5-2)18(17-23)27-21;1-21-14-12-10-8-6-4-2-3-5-7-9-11-13-15-25-20(18(23)19(21)24)26-17(21)16-22;4-3(5)1-2-6;2-1-3;1-2;/h19-22,24-25H,1,3-18H2,2H3;18-21,23-25H,4-17H2,1-3H3;17-20,23-24H,2-16H2,1H3;6H,1-2H2,(H,4,5);;;/q-1;;;;;;+1. The second kappa shape index (κ2) is 62.8. The van der Waals surface area contributed by atoms with Gasteiger partial charge in [0.2, 0.25) is 0 Å². The first kappa shape index (κ1) is 97.3. The van der Waals surface area contributed by atoms with Crippen molar-refractivity contribution in [3.05, 3.63) is 6.92 Å². The van der Waals surface area contributed by atoms with E-state index in [1.54, 1.807) is 11.8 Å². The summed E-state index contributed by atoms with van der Waals surface area (Å²) in [6.07, 6.45) is 37.2. The first-order chi connectivity index (χ1) is 44.4. The van der Waals surface area contributed by atoms with Crippen LogP contribution in [-0.2, 0) is 42.8 Å². The molecule has 0 aromatic rings. The Labute approximate surface area is 633 Å². The van der Waals surface area contributed by atoms with Gasteiger partial charge in [-0.15, -0.1) is 5.75 Å². The molecular formula is C70H132I3NaO17S2. The van der Waals surface area contributed by atoms with Crippen LogP contribution < -0.4 is 29.6 Å². The van der Waals surface area contributed by atoms with Gasteiger partial charge in [0.15, 0.2) is 18.9 Å². The normalized spacial score (nSPS) is 32.2. The SMILES string of the molecule is CC12CCCCCCCCCCCCCCOC(OC1CI)C(O)C2O.CCCCCCCCCCOC1OC(CO)C(C)(CCCCC)C(O)C1O.II.O=C(O)CCS.O=C=O.[CH2-]CSCC1OC2OCCCCCCCCCCCCCCC1(C)C(O)C2O.[Na+]. The molecule has 0 aromatic heterocycles. The molecule has 7 saturated heterocycles. The molecule has 4 bridgehead atoms. The molecule has 0 aliphatic carbocycles. The van der Waals surface area contributed by atoms with Crippen molar-refractivity contribution in [3.8, 4) is 0 Å². The van der Waals surface area contributed by atoms with Crippen molar-refractivity contribution in [2.45, 2.75) is 359 Å². The van der Waals surface area contributed by atoms with Crippen molar-refractivity contribution in [3.63, 3.8) is 0 Å². The minimum absolute atomic E-state index is 0. The van der Waals surface area contributed by atoms with E-state index in [0.717, 1.165) is 99.4 Å². The van der Waals surface area contributed by atoms with Gasteiger partial charge in [0.05, 0.1) is 49.7 Å². The van der Waals surface area contributed by atoms with Crippen LogP contribution in [0.3, 0.4) is 0 Å². The van der Waals surface area contributed by atoms with Gasteiger partial charge in [-0.05, 0) is 38.5 Å². The molecule has 0 amide bonds. The van der Waals surface area contributed by atoms with Crippen LogP contribution in [0.25, 0.3) is 0 Å². The molecule has 7 aliphatic rings. The smallest absolute Gasteiger partial charge is 0.481 e. The molecule has 23 heteroatoms. The van der Waals surface area contributed by atoms with Crippen LogP contribution in [0.15, 0.2) is 0 Å². The maximum atomic E-state index is 11.0. The van der Waals surface area contributed by atoms with Crippen molar-refractivity contribution in [2.75, 3.05) is 48.1 Å². The molecule has 548 valence electrons. The number of carboxylic acid groups (broad SMARTS) is 1. The summed E-state index contributed by atoms with van der Waals surface area (Å²) in [5, 5.41) is 81.9. The number of alkyl halides is 1. The molecule has 7 fully saturated rings. The fourth-order valence-corrected chi connectivity index (χ4v) is 15.3. The van der Waals surface area contributed by atoms with Crippen LogP contribution >= 0.6 is 84.2 Å². The van der Waals surface area contributed by atoms with Gasteiger partial charge in [0.1, 0.15) is 18.3 Å². The Balaban J connectivity index is 0. The summed E-state index contributed by atoms with van der Waals surface area (Å²) in [6.45, 7) is 15.8. The number of ether oxygens (including phenoxy) is 6. The summed E-state index contributed by atoms with van der Waals surface area (Å²) >= 11 is 12.0. The van der Waals surface area contributed by atoms with Crippen LogP contribution in [0, 0.1) is 23.2 Å². The van der Waals surface area contributed by atoms with Gasteiger partial charge in [-0.1, -0.05) is 263 Å². The van der Waals surface area contributed by atoms with E-state index < -0.39 is 83.8 Å². The number of fused-ring (bicyclic) bond motifs is 32. The van der Waals surface area contributed by atoms with E-state index in [2.05, 4.69) is 107 Å². The number of hydrogen-bond donors (Lipinski definition) is 9. The Bertz CT molecular complexity index is 1740. The number of carbonyl (C=O) groups is 1. The fraction of sp³-hybridized carbons (Fsp3) is 0.957. The van der Waals surface area contributed by atoms with Crippen molar-refractivity contribution < 1.29 is 113 Å². The van der Waals surface area contributed by atoms with Crippen LogP contribution in [0.4, 0.5) is 0 Å². The Morgan fingerprint density at radius 3 is 1.32 bits per heavy atom. The zero-order valence-electron chi connectivity index (χ0n) is 58.6. The molecule has 7 rings (SSSR count). The van der Waals surface area contributed by atoms with Gasteiger partial charge in [0, 0.05) is 89.2 Å². The van der Waals surface area contributed by atoms with E-state index in [0.29, 0.717) is 25.6 Å². The van der Waals surface area contributed by atoms with E-state index in [4.69, 9.17) is 43.1 Å². The molecule has 0 aromatic carbocycles. The average molecular weight is 1710 g/mol. The van der Waals surface area contributed by atoms with E-state index in [-0.39, 0.29) is 60.9 Å². The Hall–Kier alpha value is 2.22. The predicted molar refractivity (Wildman–Crippen MR) is 399 cm³/mol. The zero-order valence-corrected chi connectivity index (χ0v) is 68.8. The number of thiol groups is 1. The molecular weight excluding hydrogens is 1580 g/mol. The summed E-state index contributed by atoms with van der Waals surface area (Å²) < 4.78 is 36.4. The molecule has 0 saturated carbocycles. The number of aliphatic hydroxyl groups is 7. The van der Waals surface area contributed by atoms with Gasteiger partial charge in [-0.3, -0.25) is 4.79 Å². The molecule has 7 aliphatic heterocycles. The van der Waals surface area contributed by atoms with Crippen LogP contribution in [0.2, 0.25) is 0 Å². The average Bonchev–Trinajstić information content (AvgIpc) is 0.815. The Morgan fingerprint density at radius 1 is 0.570 bits per heavy atom. The number of unbranched alkanes of at least 4 members (excludes halogenated alkanes) is 9. The minimum atomic E-state index is -1.08. The van der Waals surface area contributed by atoms with Crippen LogP contribution in [0.5, 0.6) is 0 Å². The third-order valence-corrected chi connectivity index (χ3v) is 21.2. The molecule has 93 heavy (non-hydrogen) atoms. The first-order valence-corrected chi connectivity index (χ1v) is 45.4. The number of aliphatic hydroxyl groups excluding tert-OH is 7. The Morgan fingerprint density at radius 2 is 0.946 bits per heavy atom. The van der Waals surface area contributed by atoms with E-state index in [1.165, 1.54) is 161 Å². The van der Waals surface area contributed by atoms with Crippen molar-refractivity contribution in [1.29, 1.82) is 0 Å². The second-order valence-corrected chi connectivity index (χ2v) is 29.2. The predicted octanol–water partition coefficient (Wildman–Crippen LogP) is 12.8. The van der Waals surface area contributed by atoms with Crippen molar-refractivity contribution in [2.24, 2.45) is 16.2 Å². The van der Waals surface area contributed by atoms with Gasteiger partial charge >= 0.3 is 41.7 Å². The van der Waals surface area contributed by atoms with E-state index in [9.17, 15) is 40.5 Å². The molecule has 7 heterocycles. The third kappa shape index (κ3) is 40.8. The molecule has 17 nitrogen and oxygen atoms in total. The summed E-state index contributed by atoms with van der Waals surface area (Å²) in [5.41, 5.74) is -1.49. The van der Waals surface area contributed by atoms with E-state index >= 15 is 0 Å². The first-order valence-electron chi connectivity index (χ1n) is 35.8. The summed E-state index contributed by atoms with van der Waals surface area (Å²) in [4.78, 5) is 25.8. The van der Waals surface area contributed by atoms with Crippen molar-refractivity contribution in [1.82, 2.24) is 0 Å². The molecule has 8 N–H and O–H groups in total. The molecule has 15 unspecified atom stereocenters. The maximum absolute atomic E-state index is 11.0. The molecule has 15 atom stereocenters. The van der Waals surface area contributed by atoms with E-state index in [1.807, 2.05) is 6.92 Å². The maximum Gasteiger partial charge on any atom is 1.00 e. The Kier molecular flexibility index (Phi) is 65.6. The summed E-state index contributed by atoms with van der Waals surface area (Å²) in [7, 11) is 0. The quantitative estimate of drug-likeness (QED) is 0.0129. The van der Waals surface area contributed by atoms with Gasteiger partial charge in [-0.25, -0.2) is 0 Å². The third-order valence-electron chi connectivity index (χ3n) is 19.4. The second-order valence-electron chi connectivity index (χ2n) is 26.7. The summed E-state index contributed by atoms with van der Waals surface area (Å²) in [5.74, 6) is 1.20. The number of carbonyl (C=O) groups excluding carboxylic acids is 2. The number of rotatable bonds is 21. The molecule has 0 radical (unpaired) electrons. The summed E-state index contributed by atoms with van der Waals surface area (Å²) in [6, 6.07) is 0. The van der Waals surface area contributed by atoms with Crippen LogP contribution in [-0.4, -0.2) is 175 Å². The van der Waals surface area contributed by atoms with Gasteiger partial charge in [-0.2, -0.15) is 34.0 Å². The molecule has 0 spiro atoms. The zero-order chi connectivity index (χ0) is 68.9. The largest absolute Gasteiger partial charge is 1.00 e. The van der Waals surface area contributed by atoms with Crippen molar-refractivity contribution >= 4 is 96.3 Å². The monoisotopic (exact) mass is 1710 g/mol. The number of hydrogen-bond acceptors (Lipinski definition) is 18. The van der Waals surface area contributed by atoms with Gasteiger partial charge < -0.3 is 76.2 Å². The number of carboxylic acids is 1. The fourth-order valence-electron chi connectivity index (χ4n) is 13.0.